The maximum atomic E-state index is 12.2. The van der Waals surface area contributed by atoms with Gasteiger partial charge in [0.1, 0.15) is 6.10 Å². The normalized spacial score (nSPS) is 42.7. The van der Waals surface area contributed by atoms with E-state index in [1.807, 2.05) is 0 Å². The minimum absolute atomic E-state index is 0.0375. The molecule has 1 aliphatic heterocycles. The van der Waals surface area contributed by atoms with Gasteiger partial charge in [-0.15, -0.1) is 11.6 Å². The molecule has 2 aliphatic carbocycles. The summed E-state index contributed by atoms with van der Waals surface area (Å²) in [5.74, 6) is -1.00. The van der Waals surface area contributed by atoms with Crippen LogP contribution in [0.5, 0.6) is 0 Å². The lowest BCUT2D eigenvalue weighted by molar-refractivity contribution is -0.156. The fourth-order valence-electron chi connectivity index (χ4n) is 4.66. The molecule has 0 spiro atoms. The minimum Gasteiger partial charge on any atom is -0.466 e. The third-order valence-corrected chi connectivity index (χ3v) is 6.26. The second-order valence-corrected chi connectivity index (χ2v) is 7.32. The van der Waals surface area contributed by atoms with Gasteiger partial charge in [-0.05, 0) is 31.6 Å². The van der Waals surface area contributed by atoms with Crippen molar-refractivity contribution in [1.29, 1.82) is 0 Å². The standard InChI is InChI=1S/C17H23ClO5/c1-9-3-6-13-15(23-16(20)17(13,21)8-18)14-11(4-5-12(9)14)7-22-10(2)19/h11-15,21H,1,3-8H2,2H3/t11-,12-,13+,14-,15-,17-/m0/s1. The first-order chi connectivity index (χ1) is 10.9. The summed E-state index contributed by atoms with van der Waals surface area (Å²) in [5, 5.41) is 10.7. The highest BCUT2D eigenvalue weighted by Crippen LogP contribution is 2.53. The molecule has 0 amide bonds. The lowest BCUT2D eigenvalue weighted by atomic mass is 9.76. The number of hydrogen-bond acceptors (Lipinski definition) is 5. The van der Waals surface area contributed by atoms with Gasteiger partial charge in [0, 0.05) is 24.7 Å². The van der Waals surface area contributed by atoms with Crippen LogP contribution in [0.3, 0.4) is 0 Å². The van der Waals surface area contributed by atoms with E-state index < -0.39 is 11.6 Å². The largest absolute Gasteiger partial charge is 0.466 e. The molecule has 0 aromatic rings. The highest BCUT2D eigenvalue weighted by Gasteiger charge is 2.61. The Morgan fingerprint density at radius 3 is 2.87 bits per heavy atom. The quantitative estimate of drug-likeness (QED) is 0.483. The molecule has 1 N–H and O–H groups in total. The first-order valence-corrected chi connectivity index (χ1v) is 8.72. The van der Waals surface area contributed by atoms with Gasteiger partial charge in [-0.25, -0.2) is 4.79 Å². The summed E-state index contributed by atoms with van der Waals surface area (Å²) in [4.78, 5) is 23.3. The molecule has 6 heteroatoms. The number of halogens is 1. The molecule has 3 rings (SSSR count). The molecule has 0 aromatic carbocycles. The van der Waals surface area contributed by atoms with Crippen molar-refractivity contribution >= 4 is 23.5 Å². The predicted molar refractivity (Wildman–Crippen MR) is 83.8 cm³/mol. The molecule has 3 fully saturated rings. The molecule has 2 saturated carbocycles. The molecule has 1 saturated heterocycles. The van der Waals surface area contributed by atoms with Gasteiger partial charge in [0.05, 0.1) is 12.5 Å². The molecular weight excluding hydrogens is 320 g/mol. The number of esters is 2. The van der Waals surface area contributed by atoms with Gasteiger partial charge in [-0.3, -0.25) is 4.79 Å². The Kier molecular flexibility index (Phi) is 4.45. The van der Waals surface area contributed by atoms with Crippen molar-refractivity contribution in [2.75, 3.05) is 12.5 Å². The molecule has 6 atom stereocenters. The zero-order valence-electron chi connectivity index (χ0n) is 13.3. The number of aliphatic hydroxyl groups is 1. The van der Waals surface area contributed by atoms with Gasteiger partial charge in [0.25, 0.3) is 0 Å². The molecule has 0 bridgehead atoms. The number of allylic oxidation sites excluding steroid dienone is 1. The summed E-state index contributed by atoms with van der Waals surface area (Å²) in [6, 6.07) is 0. The van der Waals surface area contributed by atoms with Crippen LogP contribution in [-0.2, 0) is 19.1 Å². The second-order valence-electron chi connectivity index (χ2n) is 7.06. The van der Waals surface area contributed by atoms with E-state index in [-0.39, 0.29) is 41.6 Å². The van der Waals surface area contributed by atoms with E-state index in [2.05, 4.69) is 6.58 Å². The van der Waals surface area contributed by atoms with Crippen molar-refractivity contribution < 1.29 is 24.2 Å². The van der Waals surface area contributed by atoms with Crippen LogP contribution in [0, 0.1) is 23.7 Å². The SMILES string of the molecule is C=C1CC[C@@H]2[C@H](OC(=O)[C@]2(O)CCl)[C@H]2[C@H](COC(C)=O)CC[C@@H]12. The van der Waals surface area contributed by atoms with Crippen LogP contribution in [-0.4, -0.2) is 41.2 Å². The van der Waals surface area contributed by atoms with Gasteiger partial charge in [-0.1, -0.05) is 12.2 Å². The van der Waals surface area contributed by atoms with Gasteiger partial charge in [0.15, 0.2) is 5.60 Å². The summed E-state index contributed by atoms with van der Waals surface area (Å²) in [7, 11) is 0. The molecule has 3 aliphatic rings. The Hall–Kier alpha value is -1.07. The van der Waals surface area contributed by atoms with Crippen molar-refractivity contribution in [3.63, 3.8) is 0 Å². The number of fused-ring (bicyclic) bond motifs is 3. The van der Waals surface area contributed by atoms with E-state index in [0.29, 0.717) is 13.0 Å². The van der Waals surface area contributed by atoms with Crippen molar-refractivity contribution in [1.82, 2.24) is 0 Å². The van der Waals surface area contributed by atoms with Crippen LogP contribution in [0.2, 0.25) is 0 Å². The molecule has 5 nitrogen and oxygen atoms in total. The first-order valence-electron chi connectivity index (χ1n) is 8.19. The van der Waals surface area contributed by atoms with E-state index >= 15 is 0 Å². The first kappa shape index (κ1) is 16.8. The minimum atomic E-state index is -1.62. The Labute approximate surface area is 141 Å². The predicted octanol–water partition coefficient (Wildman–Crippen LogP) is 2.05. The van der Waals surface area contributed by atoms with E-state index in [0.717, 1.165) is 24.8 Å². The second kappa shape index (κ2) is 6.10. The summed E-state index contributed by atoms with van der Waals surface area (Å²) in [6.45, 7) is 5.92. The van der Waals surface area contributed by atoms with Gasteiger partial charge < -0.3 is 14.6 Å². The fraction of sp³-hybridized carbons (Fsp3) is 0.765. The van der Waals surface area contributed by atoms with Crippen LogP contribution < -0.4 is 0 Å². The molecule has 1 heterocycles. The maximum Gasteiger partial charge on any atom is 0.340 e. The molecule has 0 radical (unpaired) electrons. The monoisotopic (exact) mass is 342 g/mol. The van der Waals surface area contributed by atoms with E-state index in [1.54, 1.807) is 0 Å². The smallest absolute Gasteiger partial charge is 0.340 e. The van der Waals surface area contributed by atoms with E-state index in [1.165, 1.54) is 6.92 Å². The lowest BCUT2D eigenvalue weighted by Crippen LogP contribution is -2.45. The van der Waals surface area contributed by atoms with Crippen LogP contribution >= 0.6 is 11.6 Å². The van der Waals surface area contributed by atoms with Crippen LogP contribution in [0.25, 0.3) is 0 Å². The Morgan fingerprint density at radius 2 is 2.22 bits per heavy atom. The highest BCUT2D eigenvalue weighted by molar-refractivity contribution is 6.20. The third kappa shape index (κ3) is 2.68. The third-order valence-electron chi connectivity index (χ3n) is 5.85. The van der Waals surface area contributed by atoms with Crippen LogP contribution in [0.4, 0.5) is 0 Å². The maximum absolute atomic E-state index is 12.2. The Balaban J connectivity index is 1.89. The topological polar surface area (TPSA) is 72.8 Å². The van der Waals surface area contributed by atoms with Gasteiger partial charge >= 0.3 is 11.9 Å². The molecule has 0 aromatic heterocycles. The van der Waals surface area contributed by atoms with Crippen molar-refractivity contribution in [3.8, 4) is 0 Å². The Morgan fingerprint density at radius 1 is 1.48 bits per heavy atom. The molecule has 0 unspecified atom stereocenters. The average molecular weight is 343 g/mol. The number of carbonyl (C=O) groups is 2. The zero-order valence-corrected chi connectivity index (χ0v) is 14.1. The van der Waals surface area contributed by atoms with Crippen molar-refractivity contribution in [2.45, 2.75) is 44.3 Å². The van der Waals surface area contributed by atoms with E-state index in [4.69, 9.17) is 21.1 Å². The van der Waals surface area contributed by atoms with Crippen LogP contribution in [0.1, 0.15) is 32.6 Å². The number of alkyl halides is 1. The zero-order chi connectivity index (χ0) is 16.8. The number of hydrogen-bond donors (Lipinski definition) is 1. The Bertz CT molecular complexity index is 533. The summed E-state index contributed by atoms with van der Waals surface area (Å²) in [6.07, 6.45) is 2.89. The molecule has 128 valence electrons. The lowest BCUT2D eigenvalue weighted by Gasteiger charge is -2.31. The number of ether oxygens (including phenoxy) is 2. The van der Waals surface area contributed by atoms with Gasteiger partial charge in [-0.2, -0.15) is 0 Å². The molecular formula is C17H23ClO5. The fourth-order valence-corrected chi connectivity index (χ4v) is 4.97. The number of carbonyl (C=O) groups excluding carboxylic acids is 2. The average Bonchev–Trinajstić information content (AvgIpc) is 2.99. The summed E-state index contributed by atoms with van der Waals surface area (Å²) in [5.41, 5.74) is -0.474. The van der Waals surface area contributed by atoms with Gasteiger partial charge in [0.2, 0.25) is 0 Å². The number of rotatable bonds is 3. The van der Waals surface area contributed by atoms with Crippen LogP contribution in [0.15, 0.2) is 12.2 Å². The highest BCUT2D eigenvalue weighted by atomic mass is 35.5. The summed E-state index contributed by atoms with van der Waals surface area (Å²) < 4.78 is 10.8. The molecule has 23 heavy (non-hydrogen) atoms. The van der Waals surface area contributed by atoms with E-state index in [9.17, 15) is 14.7 Å². The van der Waals surface area contributed by atoms with Crippen molar-refractivity contribution in [3.05, 3.63) is 12.2 Å². The van der Waals surface area contributed by atoms with Crippen molar-refractivity contribution in [2.24, 2.45) is 23.7 Å². The summed E-state index contributed by atoms with van der Waals surface area (Å²) >= 11 is 5.89.